The molecule has 1 saturated heterocycles. The number of piperidine rings is 1. The molecule has 0 aromatic rings. The number of hydrogen-bond acceptors (Lipinski definition) is 2. The highest BCUT2D eigenvalue weighted by Crippen LogP contribution is 2.47. The van der Waals surface area contributed by atoms with Crippen LogP contribution in [0.15, 0.2) is 11.8 Å². The number of carboxylic acid groups (broad SMARTS) is 1. The maximum atomic E-state index is 11.6. The second kappa shape index (κ2) is 3.36. The van der Waals surface area contributed by atoms with Crippen LogP contribution in [0.25, 0.3) is 0 Å². The van der Waals surface area contributed by atoms with E-state index in [1.807, 2.05) is 13.0 Å². The third-order valence-electron chi connectivity index (χ3n) is 3.48. The van der Waals surface area contributed by atoms with Crippen LogP contribution in [0.4, 0.5) is 0 Å². The van der Waals surface area contributed by atoms with Crippen molar-refractivity contribution in [1.82, 2.24) is 4.90 Å². The van der Waals surface area contributed by atoms with Gasteiger partial charge in [-0.3, -0.25) is 9.59 Å². The number of amides is 1. The van der Waals surface area contributed by atoms with E-state index in [4.69, 9.17) is 0 Å². The maximum Gasteiger partial charge on any atom is 0.315 e. The van der Waals surface area contributed by atoms with Gasteiger partial charge in [0.05, 0.1) is 0 Å². The van der Waals surface area contributed by atoms with Gasteiger partial charge in [-0.25, -0.2) is 0 Å². The van der Waals surface area contributed by atoms with E-state index >= 15 is 0 Å². The first-order chi connectivity index (χ1) is 7.12. The second-order valence-electron chi connectivity index (χ2n) is 4.15. The van der Waals surface area contributed by atoms with E-state index in [9.17, 15) is 14.7 Å². The molecule has 1 fully saturated rings. The molecule has 2 rings (SSSR count). The Labute approximate surface area is 88.6 Å². The SMILES string of the molecule is CCN1C(=O)CC[C@@]2(C(=O)O)CCC=C12. The Morgan fingerprint density at radius 2 is 2.33 bits per heavy atom. The number of rotatable bonds is 2. The van der Waals surface area contributed by atoms with E-state index in [0.29, 0.717) is 25.8 Å². The van der Waals surface area contributed by atoms with Gasteiger partial charge >= 0.3 is 5.97 Å². The zero-order valence-electron chi connectivity index (χ0n) is 8.82. The Kier molecular flexibility index (Phi) is 2.29. The quantitative estimate of drug-likeness (QED) is 0.747. The number of likely N-dealkylation sites (tertiary alicyclic amines) is 1. The highest BCUT2D eigenvalue weighted by Gasteiger charge is 2.50. The molecule has 1 N–H and O–H groups in total. The molecule has 1 atom stereocenters. The Balaban J connectivity index is 2.40. The molecule has 1 amide bonds. The van der Waals surface area contributed by atoms with Crippen molar-refractivity contribution in [2.24, 2.45) is 5.41 Å². The fourth-order valence-corrected chi connectivity index (χ4v) is 2.66. The normalized spacial score (nSPS) is 30.1. The Morgan fingerprint density at radius 1 is 1.60 bits per heavy atom. The number of allylic oxidation sites excluding steroid dienone is 1. The molecule has 0 bridgehead atoms. The van der Waals surface area contributed by atoms with Gasteiger partial charge < -0.3 is 10.0 Å². The van der Waals surface area contributed by atoms with Crippen molar-refractivity contribution in [3.63, 3.8) is 0 Å². The molecule has 0 saturated carbocycles. The van der Waals surface area contributed by atoms with Crippen LogP contribution in [0.1, 0.15) is 32.6 Å². The molecule has 0 radical (unpaired) electrons. The molecule has 15 heavy (non-hydrogen) atoms. The Hall–Kier alpha value is -1.32. The minimum absolute atomic E-state index is 0.0579. The lowest BCUT2D eigenvalue weighted by Crippen LogP contribution is -2.46. The lowest BCUT2D eigenvalue weighted by atomic mass is 9.77. The van der Waals surface area contributed by atoms with Crippen molar-refractivity contribution in [2.75, 3.05) is 6.54 Å². The van der Waals surface area contributed by atoms with Crippen LogP contribution in [0.5, 0.6) is 0 Å². The minimum atomic E-state index is -0.780. The molecular formula is C11H15NO3. The van der Waals surface area contributed by atoms with Gasteiger partial charge in [-0.2, -0.15) is 0 Å². The average Bonchev–Trinajstić information content (AvgIpc) is 2.62. The summed E-state index contributed by atoms with van der Waals surface area (Å²) in [7, 11) is 0. The molecule has 1 heterocycles. The first-order valence-electron chi connectivity index (χ1n) is 5.36. The van der Waals surface area contributed by atoms with Crippen molar-refractivity contribution in [1.29, 1.82) is 0 Å². The van der Waals surface area contributed by atoms with E-state index in [-0.39, 0.29) is 5.91 Å². The minimum Gasteiger partial charge on any atom is -0.481 e. The van der Waals surface area contributed by atoms with Crippen LogP contribution in [0, 0.1) is 5.41 Å². The fourth-order valence-electron chi connectivity index (χ4n) is 2.66. The standard InChI is InChI=1S/C11H15NO3/c1-2-12-8-4-3-6-11(8,10(14)15)7-5-9(12)13/h4H,2-3,5-7H2,1H3,(H,14,15)/t11-/m0/s1. The number of carboxylic acids is 1. The summed E-state index contributed by atoms with van der Waals surface area (Å²) in [6.45, 7) is 2.45. The molecule has 4 nitrogen and oxygen atoms in total. The molecule has 0 unspecified atom stereocenters. The molecule has 0 aromatic carbocycles. The smallest absolute Gasteiger partial charge is 0.315 e. The summed E-state index contributed by atoms with van der Waals surface area (Å²) < 4.78 is 0. The largest absolute Gasteiger partial charge is 0.481 e. The van der Waals surface area contributed by atoms with Crippen molar-refractivity contribution in [2.45, 2.75) is 32.6 Å². The van der Waals surface area contributed by atoms with Gasteiger partial charge in [0.1, 0.15) is 5.41 Å². The number of fused-ring (bicyclic) bond motifs is 1. The zero-order chi connectivity index (χ0) is 11.1. The predicted octanol–water partition coefficient (Wildman–Crippen LogP) is 1.38. The first-order valence-corrected chi connectivity index (χ1v) is 5.36. The van der Waals surface area contributed by atoms with Gasteiger partial charge in [0.2, 0.25) is 5.91 Å². The van der Waals surface area contributed by atoms with Crippen LogP contribution < -0.4 is 0 Å². The Morgan fingerprint density at radius 3 is 2.93 bits per heavy atom. The number of aliphatic carboxylic acids is 1. The predicted molar refractivity (Wildman–Crippen MR) is 54.0 cm³/mol. The number of hydrogen-bond donors (Lipinski definition) is 1. The number of carbonyl (C=O) groups excluding carboxylic acids is 1. The van der Waals surface area contributed by atoms with E-state index in [0.717, 1.165) is 12.1 Å². The van der Waals surface area contributed by atoms with Crippen LogP contribution in [0.3, 0.4) is 0 Å². The van der Waals surface area contributed by atoms with Gasteiger partial charge in [0.25, 0.3) is 0 Å². The summed E-state index contributed by atoms with van der Waals surface area (Å²) in [4.78, 5) is 24.6. The zero-order valence-corrected chi connectivity index (χ0v) is 8.82. The highest BCUT2D eigenvalue weighted by atomic mass is 16.4. The molecule has 2 aliphatic rings. The lowest BCUT2D eigenvalue weighted by molar-refractivity contribution is -0.151. The van der Waals surface area contributed by atoms with Gasteiger partial charge in [-0.1, -0.05) is 6.08 Å². The molecular weight excluding hydrogens is 194 g/mol. The summed E-state index contributed by atoms with van der Waals surface area (Å²) in [6.07, 6.45) is 4.14. The molecule has 4 heteroatoms. The van der Waals surface area contributed by atoms with Gasteiger partial charge in [-0.15, -0.1) is 0 Å². The molecule has 82 valence electrons. The molecule has 0 aromatic heterocycles. The lowest BCUT2D eigenvalue weighted by Gasteiger charge is -2.39. The average molecular weight is 209 g/mol. The number of nitrogens with zero attached hydrogens (tertiary/aromatic N) is 1. The summed E-state index contributed by atoms with van der Waals surface area (Å²) in [6, 6.07) is 0. The first kappa shape index (κ1) is 10.2. The number of carbonyl (C=O) groups is 2. The van der Waals surface area contributed by atoms with E-state index in [2.05, 4.69) is 0 Å². The Bertz CT molecular complexity index is 348. The summed E-state index contributed by atoms with van der Waals surface area (Å²) in [5.41, 5.74) is -0.0436. The van der Waals surface area contributed by atoms with Crippen LogP contribution >= 0.6 is 0 Å². The van der Waals surface area contributed by atoms with Gasteiger partial charge in [0, 0.05) is 18.7 Å². The molecule has 1 aliphatic heterocycles. The second-order valence-corrected chi connectivity index (χ2v) is 4.15. The van der Waals surface area contributed by atoms with E-state index in [1.165, 1.54) is 0 Å². The van der Waals surface area contributed by atoms with Crippen molar-refractivity contribution in [3.8, 4) is 0 Å². The van der Waals surface area contributed by atoms with E-state index in [1.54, 1.807) is 4.90 Å². The van der Waals surface area contributed by atoms with Crippen LogP contribution in [-0.2, 0) is 9.59 Å². The van der Waals surface area contributed by atoms with Crippen LogP contribution in [-0.4, -0.2) is 28.4 Å². The topological polar surface area (TPSA) is 57.6 Å². The summed E-state index contributed by atoms with van der Waals surface area (Å²) in [5, 5.41) is 9.32. The summed E-state index contributed by atoms with van der Waals surface area (Å²) >= 11 is 0. The summed E-state index contributed by atoms with van der Waals surface area (Å²) in [5.74, 6) is -0.722. The van der Waals surface area contributed by atoms with E-state index < -0.39 is 11.4 Å². The van der Waals surface area contributed by atoms with Gasteiger partial charge in [-0.05, 0) is 26.2 Å². The van der Waals surface area contributed by atoms with Crippen molar-refractivity contribution < 1.29 is 14.7 Å². The third kappa shape index (κ3) is 1.28. The monoisotopic (exact) mass is 209 g/mol. The molecule has 1 aliphatic carbocycles. The maximum absolute atomic E-state index is 11.6. The third-order valence-corrected chi connectivity index (χ3v) is 3.48. The molecule has 0 spiro atoms. The highest BCUT2D eigenvalue weighted by molar-refractivity contribution is 5.87. The van der Waals surface area contributed by atoms with Gasteiger partial charge in [0.15, 0.2) is 0 Å². The van der Waals surface area contributed by atoms with Crippen molar-refractivity contribution >= 4 is 11.9 Å². The van der Waals surface area contributed by atoms with Crippen molar-refractivity contribution in [3.05, 3.63) is 11.8 Å². The fraction of sp³-hybridized carbons (Fsp3) is 0.636. The van der Waals surface area contributed by atoms with Crippen LogP contribution in [0.2, 0.25) is 0 Å².